The van der Waals surface area contributed by atoms with Crippen LogP contribution in [-0.4, -0.2) is 53.1 Å². The highest BCUT2D eigenvalue weighted by Gasteiger charge is 2.38. The van der Waals surface area contributed by atoms with Crippen molar-refractivity contribution in [3.8, 4) is 5.75 Å². The summed E-state index contributed by atoms with van der Waals surface area (Å²) in [5.41, 5.74) is 7.89. The number of rotatable bonds is 9. The summed E-state index contributed by atoms with van der Waals surface area (Å²) in [6.45, 7) is 7.66. The first kappa shape index (κ1) is 32.9. The predicted octanol–water partition coefficient (Wildman–Crippen LogP) is 8.00. The van der Waals surface area contributed by atoms with Crippen LogP contribution in [0.4, 0.5) is 10.5 Å². The average Bonchev–Trinajstić information content (AvgIpc) is 3.75. The Balaban J connectivity index is 1.26. The lowest BCUT2D eigenvalue weighted by Crippen LogP contribution is -2.44. The highest BCUT2D eigenvalue weighted by atomic mass is 35.5. The SMILES string of the molecule is CC(C)(C)OC(=O)N1CCC(c2cccc(OCc3ccc(N4C=CCN4)cc3)c2)=C(C(=O)N(Cc2cccc(Cl)c2Cl)C2CC2)C1. The molecule has 2 aliphatic heterocycles. The predicted molar refractivity (Wildman–Crippen MR) is 186 cm³/mol. The van der Waals surface area contributed by atoms with Crippen molar-refractivity contribution in [2.45, 2.75) is 64.8 Å². The minimum Gasteiger partial charge on any atom is -0.489 e. The maximum Gasteiger partial charge on any atom is 0.410 e. The van der Waals surface area contributed by atoms with E-state index < -0.39 is 11.7 Å². The number of nitrogens with one attached hydrogen (secondary N) is 1. The topological polar surface area (TPSA) is 74.3 Å². The van der Waals surface area contributed by atoms with Crippen LogP contribution in [0.25, 0.3) is 5.57 Å². The molecule has 2 heterocycles. The molecule has 6 rings (SSSR count). The Morgan fingerprint density at radius 1 is 1.02 bits per heavy atom. The molecule has 1 fully saturated rings. The molecule has 0 bridgehead atoms. The van der Waals surface area contributed by atoms with Gasteiger partial charge in [0.05, 0.1) is 22.3 Å². The van der Waals surface area contributed by atoms with E-state index >= 15 is 0 Å². The molecule has 3 aromatic carbocycles. The van der Waals surface area contributed by atoms with Crippen molar-refractivity contribution in [3.63, 3.8) is 0 Å². The molecule has 1 aliphatic carbocycles. The van der Waals surface area contributed by atoms with Crippen molar-refractivity contribution in [3.05, 3.63) is 111 Å². The van der Waals surface area contributed by atoms with E-state index in [9.17, 15) is 9.59 Å². The third kappa shape index (κ3) is 8.12. The fourth-order valence-corrected chi connectivity index (χ4v) is 6.15. The Bertz CT molecular complexity index is 1700. The van der Waals surface area contributed by atoms with E-state index in [1.807, 2.05) is 73.3 Å². The summed E-state index contributed by atoms with van der Waals surface area (Å²) in [5.74, 6) is 0.592. The van der Waals surface area contributed by atoms with E-state index in [-0.39, 0.29) is 18.5 Å². The zero-order valence-corrected chi connectivity index (χ0v) is 28.5. The minimum absolute atomic E-state index is 0.0986. The third-order valence-corrected chi connectivity index (χ3v) is 9.17. The molecule has 10 heteroatoms. The quantitative estimate of drug-likeness (QED) is 0.248. The molecule has 0 aromatic heterocycles. The van der Waals surface area contributed by atoms with E-state index in [2.05, 4.69) is 35.8 Å². The first-order chi connectivity index (χ1) is 22.6. The van der Waals surface area contributed by atoms with Crippen molar-refractivity contribution in [1.82, 2.24) is 15.2 Å². The number of nitrogens with zero attached hydrogens (tertiary/aromatic N) is 3. The Morgan fingerprint density at radius 3 is 2.49 bits per heavy atom. The molecular weight excluding hydrogens is 635 g/mol. The number of amides is 2. The normalized spacial score (nSPS) is 16.4. The van der Waals surface area contributed by atoms with Crippen LogP contribution >= 0.6 is 23.2 Å². The first-order valence-electron chi connectivity index (χ1n) is 16.0. The number of hydrogen-bond donors (Lipinski definition) is 1. The number of carbonyl (C=O) groups is 2. The highest BCUT2D eigenvalue weighted by Crippen LogP contribution is 2.37. The summed E-state index contributed by atoms with van der Waals surface area (Å²) in [6.07, 6.45) is 5.98. The van der Waals surface area contributed by atoms with Crippen LogP contribution < -0.4 is 15.2 Å². The molecule has 1 N–H and O–H groups in total. The summed E-state index contributed by atoms with van der Waals surface area (Å²) in [4.78, 5) is 31.2. The lowest BCUT2D eigenvalue weighted by Gasteiger charge is -2.34. The molecule has 0 saturated heterocycles. The molecule has 3 aromatic rings. The van der Waals surface area contributed by atoms with Gasteiger partial charge in [-0.05, 0) is 92.6 Å². The van der Waals surface area contributed by atoms with Crippen LogP contribution in [0, 0.1) is 0 Å². The lowest BCUT2D eigenvalue weighted by atomic mass is 9.92. The summed E-state index contributed by atoms with van der Waals surface area (Å²) in [5, 5.41) is 2.89. The fraction of sp³-hybridized carbons (Fsp3) is 0.351. The third-order valence-electron chi connectivity index (χ3n) is 8.31. The number of carbonyl (C=O) groups excluding carboxylic acids is 2. The number of halogens is 2. The molecule has 0 spiro atoms. The molecule has 47 heavy (non-hydrogen) atoms. The van der Waals surface area contributed by atoms with Gasteiger partial charge in [-0.25, -0.2) is 10.2 Å². The van der Waals surface area contributed by atoms with Crippen molar-refractivity contribution >= 4 is 46.5 Å². The standard InChI is InChI=1S/C37H40Cl2N4O4/c1-37(2,3)47-36(45)41-20-17-31(32(23-41)35(44)42(28-15-16-28)22-27-8-5-10-33(38)34(27)39)26-7-4-9-30(21-26)46-24-25-11-13-29(14-12-25)43-19-6-18-40-43/h4-14,19,21,28,40H,15-18,20,22-24H2,1-3H3. The Kier molecular flexibility index (Phi) is 9.82. The molecule has 246 valence electrons. The van der Waals surface area contributed by atoms with Gasteiger partial charge in [-0.2, -0.15) is 0 Å². The Morgan fingerprint density at radius 2 is 1.79 bits per heavy atom. The lowest BCUT2D eigenvalue weighted by molar-refractivity contribution is -0.128. The van der Waals surface area contributed by atoms with Gasteiger partial charge in [0.2, 0.25) is 0 Å². The summed E-state index contributed by atoms with van der Waals surface area (Å²) >= 11 is 12.9. The number of ether oxygens (including phenoxy) is 2. The molecule has 0 radical (unpaired) electrons. The summed E-state index contributed by atoms with van der Waals surface area (Å²) < 4.78 is 11.9. The maximum absolute atomic E-state index is 14.5. The van der Waals surface area contributed by atoms with Crippen molar-refractivity contribution < 1.29 is 19.1 Å². The second-order valence-corrected chi connectivity index (χ2v) is 13.9. The molecule has 0 atom stereocenters. The van der Waals surface area contributed by atoms with Gasteiger partial charge in [-0.3, -0.25) is 9.80 Å². The largest absolute Gasteiger partial charge is 0.489 e. The van der Waals surface area contributed by atoms with Gasteiger partial charge in [0.25, 0.3) is 5.91 Å². The minimum atomic E-state index is -0.650. The van der Waals surface area contributed by atoms with E-state index in [4.69, 9.17) is 32.7 Å². The van der Waals surface area contributed by atoms with Gasteiger partial charge >= 0.3 is 6.09 Å². The number of hydrazine groups is 1. The highest BCUT2D eigenvalue weighted by molar-refractivity contribution is 6.42. The fourth-order valence-electron chi connectivity index (χ4n) is 5.77. The maximum atomic E-state index is 14.5. The van der Waals surface area contributed by atoms with Crippen LogP contribution in [0.3, 0.4) is 0 Å². The van der Waals surface area contributed by atoms with Crippen molar-refractivity contribution in [2.24, 2.45) is 0 Å². The van der Waals surface area contributed by atoms with E-state index in [0.717, 1.165) is 47.3 Å². The molecule has 8 nitrogen and oxygen atoms in total. The first-order valence-corrected chi connectivity index (χ1v) is 16.8. The van der Waals surface area contributed by atoms with Gasteiger partial charge in [0.1, 0.15) is 18.0 Å². The average molecular weight is 676 g/mol. The zero-order chi connectivity index (χ0) is 33.1. The van der Waals surface area contributed by atoms with E-state index in [1.165, 1.54) is 0 Å². The monoisotopic (exact) mass is 674 g/mol. The van der Waals surface area contributed by atoms with Crippen LogP contribution in [0.15, 0.2) is 84.6 Å². The smallest absolute Gasteiger partial charge is 0.410 e. The van der Waals surface area contributed by atoms with Crippen LogP contribution in [-0.2, 0) is 22.7 Å². The van der Waals surface area contributed by atoms with Gasteiger partial charge < -0.3 is 19.3 Å². The van der Waals surface area contributed by atoms with Crippen LogP contribution in [0.5, 0.6) is 5.75 Å². The molecule has 3 aliphatic rings. The molecule has 0 unspecified atom stereocenters. The van der Waals surface area contributed by atoms with Crippen molar-refractivity contribution in [2.75, 3.05) is 24.6 Å². The van der Waals surface area contributed by atoms with Gasteiger partial charge in [-0.15, -0.1) is 0 Å². The van der Waals surface area contributed by atoms with Crippen LogP contribution in [0.2, 0.25) is 10.0 Å². The van der Waals surface area contributed by atoms with Gasteiger partial charge in [0, 0.05) is 37.4 Å². The van der Waals surface area contributed by atoms with E-state index in [0.29, 0.717) is 47.5 Å². The molecule has 2 amide bonds. The van der Waals surface area contributed by atoms with E-state index in [1.54, 1.807) is 11.0 Å². The van der Waals surface area contributed by atoms with Gasteiger partial charge in [-0.1, -0.05) is 65.7 Å². The van der Waals surface area contributed by atoms with Crippen molar-refractivity contribution in [1.29, 1.82) is 0 Å². The summed E-state index contributed by atoms with van der Waals surface area (Å²) in [6, 6.07) is 21.6. The number of benzene rings is 3. The summed E-state index contributed by atoms with van der Waals surface area (Å²) in [7, 11) is 0. The van der Waals surface area contributed by atoms with Crippen LogP contribution in [0.1, 0.15) is 56.7 Å². The van der Waals surface area contributed by atoms with Gasteiger partial charge in [0.15, 0.2) is 0 Å². The molecular formula is C37H40Cl2N4O4. The Labute approximate surface area is 286 Å². The second-order valence-electron chi connectivity index (χ2n) is 13.1. The number of hydrogen-bond acceptors (Lipinski definition) is 6. The second kappa shape index (κ2) is 14.0. The zero-order valence-electron chi connectivity index (χ0n) is 27.0. The molecule has 1 saturated carbocycles. The Hall–Kier alpha value is -3.98. The number of anilines is 1.